The minimum absolute atomic E-state index is 0.00910. The number of aliphatic hydroxyl groups is 3. The van der Waals surface area contributed by atoms with Crippen LogP contribution >= 0.6 is 34.7 Å². The van der Waals surface area contributed by atoms with E-state index in [0.29, 0.717) is 17.0 Å². The van der Waals surface area contributed by atoms with Gasteiger partial charge in [0.25, 0.3) is 0 Å². The number of thioether (sulfide) groups is 1. The second kappa shape index (κ2) is 10.1. The van der Waals surface area contributed by atoms with Crippen LogP contribution in [0.25, 0.3) is 21.4 Å². The molecule has 4 N–H and O–H groups in total. The summed E-state index contributed by atoms with van der Waals surface area (Å²) >= 11 is 9.60. The maximum Gasteiger partial charge on any atom is 0.226 e. The van der Waals surface area contributed by atoms with Crippen LogP contribution in [0.1, 0.15) is 20.1 Å². The minimum atomic E-state index is -1.26. The Morgan fingerprint density at radius 1 is 1.20 bits per heavy atom. The zero-order valence-corrected chi connectivity index (χ0v) is 21.3. The van der Waals surface area contributed by atoms with Crippen molar-refractivity contribution >= 4 is 61.9 Å². The van der Waals surface area contributed by atoms with Crippen LogP contribution in [0.3, 0.4) is 0 Å². The Morgan fingerprint density at radius 3 is 2.71 bits per heavy atom. The predicted octanol–water partition coefficient (Wildman–Crippen LogP) is 2.93. The maximum absolute atomic E-state index is 10.4. The topological polar surface area (TPSA) is 138 Å². The van der Waals surface area contributed by atoms with Gasteiger partial charge >= 0.3 is 0 Å². The Kier molecular flexibility index (Phi) is 7.13. The number of ether oxygens (including phenoxy) is 1. The van der Waals surface area contributed by atoms with E-state index in [1.54, 1.807) is 23.1 Å². The molecule has 0 radical (unpaired) electrons. The molecule has 10 nitrogen and oxygen atoms in total. The second-order valence-corrected chi connectivity index (χ2v) is 11.3. The van der Waals surface area contributed by atoms with Gasteiger partial charge in [0.1, 0.15) is 18.3 Å². The Bertz CT molecular complexity index is 1300. The number of hydrogen-bond donors (Lipinski definition) is 4. The Morgan fingerprint density at radius 2 is 2.00 bits per heavy atom. The van der Waals surface area contributed by atoms with E-state index < -0.39 is 31.1 Å². The summed E-state index contributed by atoms with van der Waals surface area (Å²) in [6.07, 6.45) is -2.92. The highest BCUT2D eigenvalue weighted by molar-refractivity contribution is 8.01. The molecule has 4 heterocycles. The molecule has 1 fully saturated rings. The van der Waals surface area contributed by atoms with Crippen molar-refractivity contribution in [1.29, 1.82) is 0 Å². The predicted molar refractivity (Wildman–Crippen MR) is 136 cm³/mol. The first-order valence-electron chi connectivity index (χ1n) is 11.1. The lowest BCUT2D eigenvalue weighted by molar-refractivity contribution is -0.0511. The van der Waals surface area contributed by atoms with Crippen LogP contribution < -0.4 is 5.32 Å². The van der Waals surface area contributed by atoms with Crippen molar-refractivity contribution in [3.05, 3.63) is 35.9 Å². The zero-order valence-electron chi connectivity index (χ0n) is 18.9. The third-order valence-electron chi connectivity index (χ3n) is 5.97. The van der Waals surface area contributed by atoms with Gasteiger partial charge in [0.2, 0.25) is 5.28 Å². The van der Waals surface area contributed by atoms with Gasteiger partial charge in [-0.25, -0.2) is 9.97 Å². The molecule has 4 aromatic rings. The van der Waals surface area contributed by atoms with Crippen LogP contribution in [0.15, 0.2) is 34.9 Å². The number of nitrogens with one attached hydrogen (secondary N) is 1. The molecule has 2 unspecified atom stereocenters. The van der Waals surface area contributed by atoms with E-state index in [4.69, 9.17) is 21.3 Å². The SMILES string of the molecule is CC(C)[C@H](CSc1nc2ccccc2s1)Nc1nc(Cl)nc2c1ncn2[C@@H]1O[C@H](CO)C(O)C1O. The van der Waals surface area contributed by atoms with E-state index in [1.807, 2.05) is 18.2 Å². The van der Waals surface area contributed by atoms with Crippen molar-refractivity contribution < 1.29 is 20.1 Å². The number of hydrogen-bond acceptors (Lipinski definition) is 11. The van der Waals surface area contributed by atoms with Gasteiger partial charge in [-0.2, -0.15) is 9.97 Å². The summed E-state index contributed by atoms with van der Waals surface area (Å²) in [5, 5.41) is 33.5. The van der Waals surface area contributed by atoms with Crippen LogP contribution in [0, 0.1) is 5.92 Å². The molecule has 5 rings (SSSR count). The Hall–Kier alpha value is -2.06. The van der Waals surface area contributed by atoms with E-state index >= 15 is 0 Å². The molecule has 186 valence electrons. The highest BCUT2D eigenvalue weighted by Gasteiger charge is 2.44. The monoisotopic (exact) mass is 536 g/mol. The first-order chi connectivity index (χ1) is 16.9. The smallest absolute Gasteiger partial charge is 0.226 e. The fourth-order valence-electron chi connectivity index (χ4n) is 3.94. The van der Waals surface area contributed by atoms with Gasteiger partial charge < -0.3 is 25.4 Å². The fourth-order valence-corrected chi connectivity index (χ4v) is 6.46. The number of aromatic nitrogens is 5. The largest absolute Gasteiger partial charge is 0.394 e. The number of halogens is 1. The lowest BCUT2D eigenvalue weighted by Crippen LogP contribution is -2.33. The zero-order chi connectivity index (χ0) is 24.7. The number of rotatable bonds is 8. The van der Waals surface area contributed by atoms with Crippen LogP contribution in [-0.2, 0) is 4.74 Å². The lowest BCUT2D eigenvalue weighted by atomic mass is 10.1. The number of aliphatic hydroxyl groups excluding tert-OH is 3. The summed E-state index contributed by atoms with van der Waals surface area (Å²) in [4.78, 5) is 17.8. The number of anilines is 1. The quantitative estimate of drug-likeness (QED) is 0.196. The molecule has 3 aromatic heterocycles. The summed E-state index contributed by atoms with van der Waals surface area (Å²) in [7, 11) is 0. The first-order valence-corrected chi connectivity index (χ1v) is 13.3. The highest BCUT2D eigenvalue weighted by atomic mass is 35.5. The standard InChI is InChI=1S/C22H25ClN6O4S2/c1-10(2)12(8-34-22-26-11-5-3-4-6-14(11)35-22)25-18-15-19(28-21(23)27-18)29(9-24-15)20-17(32)16(31)13(7-30)33-20/h3-6,9-10,12-13,16-17,20,30-32H,7-8H2,1-2H3,(H,25,27,28)/t12-,13+,16?,17?,20+/m0/s1. The van der Waals surface area contributed by atoms with Crippen molar-refractivity contribution in [3.8, 4) is 0 Å². The van der Waals surface area contributed by atoms with E-state index in [9.17, 15) is 15.3 Å². The molecular formula is C22H25ClN6O4S2. The van der Waals surface area contributed by atoms with Crippen molar-refractivity contribution in [2.24, 2.45) is 5.92 Å². The van der Waals surface area contributed by atoms with Crippen molar-refractivity contribution in [3.63, 3.8) is 0 Å². The Balaban J connectivity index is 1.39. The summed E-state index contributed by atoms with van der Waals surface area (Å²) < 4.78 is 9.29. The molecule has 0 spiro atoms. The van der Waals surface area contributed by atoms with Crippen molar-refractivity contribution in [2.75, 3.05) is 17.7 Å². The van der Waals surface area contributed by atoms with Gasteiger partial charge in [-0.15, -0.1) is 11.3 Å². The first kappa shape index (κ1) is 24.6. The van der Waals surface area contributed by atoms with Gasteiger partial charge in [-0.1, -0.05) is 37.7 Å². The van der Waals surface area contributed by atoms with Gasteiger partial charge in [-0.3, -0.25) is 4.57 Å². The molecule has 35 heavy (non-hydrogen) atoms. The molecule has 1 aliphatic heterocycles. The van der Waals surface area contributed by atoms with Crippen LogP contribution in [0.4, 0.5) is 5.82 Å². The maximum atomic E-state index is 10.4. The molecule has 0 bridgehead atoms. The van der Waals surface area contributed by atoms with Crippen LogP contribution in [0.2, 0.25) is 5.28 Å². The Labute approximate surface area is 214 Å². The second-order valence-electron chi connectivity index (χ2n) is 8.65. The van der Waals surface area contributed by atoms with E-state index in [1.165, 1.54) is 10.9 Å². The normalized spacial score (nSPS) is 23.5. The van der Waals surface area contributed by atoms with Gasteiger partial charge in [0, 0.05) is 11.8 Å². The molecule has 0 saturated carbocycles. The van der Waals surface area contributed by atoms with Crippen molar-refractivity contribution in [1.82, 2.24) is 24.5 Å². The van der Waals surface area contributed by atoms with Crippen LogP contribution in [-0.4, -0.2) is 76.5 Å². The molecule has 0 aliphatic carbocycles. The van der Waals surface area contributed by atoms with E-state index in [-0.39, 0.29) is 17.2 Å². The average Bonchev–Trinajstić information content (AvgIpc) is 3.52. The minimum Gasteiger partial charge on any atom is -0.394 e. The van der Waals surface area contributed by atoms with Crippen molar-refractivity contribution in [2.45, 2.75) is 48.8 Å². The van der Waals surface area contributed by atoms with Gasteiger partial charge in [0.05, 0.1) is 23.2 Å². The molecule has 1 saturated heterocycles. The third-order valence-corrected chi connectivity index (χ3v) is 8.44. The molecule has 1 aromatic carbocycles. The summed E-state index contributed by atoms with van der Waals surface area (Å²) in [5.41, 5.74) is 1.81. The molecule has 0 amide bonds. The molecule has 5 atom stereocenters. The summed E-state index contributed by atoms with van der Waals surface area (Å²) in [6.45, 7) is 3.81. The summed E-state index contributed by atoms with van der Waals surface area (Å²) in [5.74, 6) is 1.48. The molecule has 13 heteroatoms. The number of nitrogens with zero attached hydrogens (tertiary/aromatic N) is 5. The number of thiazole rings is 1. The van der Waals surface area contributed by atoms with E-state index in [2.05, 4.69) is 40.2 Å². The number of benzene rings is 1. The fraction of sp³-hybridized carbons (Fsp3) is 0.455. The number of fused-ring (bicyclic) bond motifs is 2. The summed E-state index contributed by atoms with van der Waals surface area (Å²) in [6, 6.07) is 8.10. The van der Waals surface area contributed by atoms with Gasteiger partial charge in [0.15, 0.2) is 27.5 Å². The third kappa shape index (κ3) is 4.84. The molecular weight excluding hydrogens is 512 g/mol. The van der Waals surface area contributed by atoms with Crippen LogP contribution in [0.5, 0.6) is 0 Å². The number of imidazole rings is 1. The average molecular weight is 537 g/mol. The van der Waals surface area contributed by atoms with E-state index in [0.717, 1.165) is 20.3 Å². The number of para-hydroxylation sites is 1. The lowest BCUT2D eigenvalue weighted by Gasteiger charge is -2.22. The van der Waals surface area contributed by atoms with Gasteiger partial charge in [-0.05, 0) is 29.7 Å². The highest BCUT2D eigenvalue weighted by Crippen LogP contribution is 2.34. The molecule has 1 aliphatic rings.